The van der Waals surface area contributed by atoms with Gasteiger partial charge in [0.05, 0.1) is 13.2 Å². The summed E-state index contributed by atoms with van der Waals surface area (Å²) in [7, 11) is 0. The number of nitrogens with one attached hydrogen (secondary N) is 1. The lowest BCUT2D eigenvalue weighted by Crippen LogP contribution is -2.35. The molecule has 1 fully saturated rings. The molecule has 6 heteroatoms. The summed E-state index contributed by atoms with van der Waals surface area (Å²) in [5.41, 5.74) is 6.12. The number of nitrogens with zero attached hydrogens (tertiary/aromatic N) is 1. The number of anilines is 1. The van der Waals surface area contributed by atoms with E-state index in [1.807, 2.05) is 24.3 Å². The molecule has 1 amide bonds. The zero-order valence-electron chi connectivity index (χ0n) is 17.8. The minimum Gasteiger partial charge on any atom is -0.508 e. The van der Waals surface area contributed by atoms with E-state index in [2.05, 4.69) is 34.5 Å². The summed E-state index contributed by atoms with van der Waals surface area (Å²) >= 11 is 0. The molecule has 0 atom stereocenters. The Bertz CT molecular complexity index is 1080. The standard InChI is InChI=1S/C26H26N2O4/c29-25-10-9-19(15-18(25)16-28-11-13-31-14-12-28)27-26(30)32-17-24-22-7-3-1-5-20(22)21-6-2-4-8-23(21)24/h1-10,15,24,29H,11-14,16-17H2,(H,27,30). The monoisotopic (exact) mass is 430 g/mol. The van der Waals surface area contributed by atoms with Crippen molar-refractivity contribution < 1.29 is 19.4 Å². The normalized spacial score (nSPS) is 15.8. The van der Waals surface area contributed by atoms with E-state index in [4.69, 9.17) is 9.47 Å². The van der Waals surface area contributed by atoms with E-state index < -0.39 is 6.09 Å². The van der Waals surface area contributed by atoms with Crippen molar-refractivity contribution in [1.29, 1.82) is 0 Å². The van der Waals surface area contributed by atoms with Gasteiger partial charge in [-0.3, -0.25) is 10.2 Å². The molecule has 5 rings (SSSR count). The first kappa shape index (κ1) is 20.5. The summed E-state index contributed by atoms with van der Waals surface area (Å²) in [5, 5.41) is 13.0. The maximum atomic E-state index is 12.6. The molecule has 3 aromatic carbocycles. The second-order valence-electron chi connectivity index (χ2n) is 8.18. The van der Waals surface area contributed by atoms with E-state index in [9.17, 15) is 9.90 Å². The van der Waals surface area contributed by atoms with Gasteiger partial charge in [-0.2, -0.15) is 0 Å². The van der Waals surface area contributed by atoms with Crippen LogP contribution >= 0.6 is 0 Å². The second kappa shape index (κ2) is 9.02. The van der Waals surface area contributed by atoms with Crippen molar-refractivity contribution in [2.75, 3.05) is 38.2 Å². The van der Waals surface area contributed by atoms with Crippen LogP contribution in [0.1, 0.15) is 22.6 Å². The van der Waals surface area contributed by atoms with Gasteiger partial charge >= 0.3 is 6.09 Å². The maximum Gasteiger partial charge on any atom is 0.411 e. The van der Waals surface area contributed by atoms with Gasteiger partial charge in [-0.1, -0.05) is 48.5 Å². The number of hydrogen-bond acceptors (Lipinski definition) is 5. The highest BCUT2D eigenvalue weighted by molar-refractivity contribution is 5.85. The molecule has 0 saturated carbocycles. The van der Waals surface area contributed by atoms with Gasteiger partial charge in [0.15, 0.2) is 0 Å². The number of ether oxygens (including phenoxy) is 2. The molecule has 2 N–H and O–H groups in total. The number of amides is 1. The van der Waals surface area contributed by atoms with E-state index >= 15 is 0 Å². The Morgan fingerprint density at radius 1 is 1.00 bits per heavy atom. The Morgan fingerprint density at radius 3 is 2.34 bits per heavy atom. The fourth-order valence-electron chi connectivity index (χ4n) is 4.54. The largest absolute Gasteiger partial charge is 0.508 e. The average molecular weight is 431 g/mol. The Hall–Kier alpha value is -3.35. The van der Waals surface area contributed by atoms with Crippen molar-refractivity contribution in [3.05, 3.63) is 83.4 Å². The number of carbonyl (C=O) groups excluding carboxylic acids is 1. The zero-order chi connectivity index (χ0) is 21.9. The molecule has 1 aliphatic carbocycles. The van der Waals surface area contributed by atoms with Crippen LogP contribution in [0.25, 0.3) is 11.1 Å². The first-order valence-corrected chi connectivity index (χ1v) is 10.9. The zero-order valence-corrected chi connectivity index (χ0v) is 17.8. The maximum absolute atomic E-state index is 12.6. The number of benzene rings is 3. The van der Waals surface area contributed by atoms with Crippen LogP contribution in [-0.4, -0.2) is 49.0 Å². The molecule has 6 nitrogen and oxygen atoms in total. The lowest BCUT2D eigenvalue weighted by atomic mass is 9.98. The SMILES string of the molecule is O=C(Nc1ccc(O)c(CN2CCOCC2)c1)OCC1c2ccccc2-c2ccccc21. The Morgan fingerprint density at radius 2 is 1.66 bits per heavy atom. The first-order chi connectivity index (χ1) is 15.7. The van der Waals surface area contributed by atoms with Crippen LogP contribution in [0, 0.1) is 0 Å². The minimum atomic E-state index is -0.505. The topological polar surface area (TPSA) is 71.0 Å². The van der Waals surface area contributed by atoms with E-state index in [0.717, 1.165) is 18.7 Å². The second-order valence-corrected chi connectivity index (χ2v) is 8.18. The van der Waals surface area contributed by atoms with Crippen molar-refractivity contribution >= 4 is 11.8 Å². The number of carbonyl (C=O) groups is 1. The van der Waals surface area contributed by atoms with Crippen molar-refractivity contribution in [3.8, 4) is 16.9 Å². The third-order valence-electron chi connectivity index (χ3n) is 6.17. The van der Waals surface area contributed by atoms with Gasteiger partial charge in [-0.05, 0) is 40.5 Å². The molecule has 1 saturated heterocycles. The van der Waals surface area contributed by atoms with Crippen molar-refractivity contribution in [2.24, 2.45) is 0 Å². The molecule has 0 bridgehead atoms. The van der Waals surface area contributed by atoms with Gasteiger partial charge in [-0.15, -0.1) is 0 Å². The third kappa shape index (κ3) is 4.20. The van der Waals surface area contributed by atoms with E-state index in [1.165, 1.54) is 22.3 Å². The predicted octanol–water partition coefficient (Wildman–Crippen LogP) is 4.59. The van der Waals surface area contributed by atoms with Crippen LogP contribution in [0.5, 0.6) is 5.75 Å². The smallest absolute Gasteiger partial charge is 0.411 e. The number of morpholine rings is 1. The van der Waals surface area contributed by atoms with Crippen LogP contribution < -0.4 is 5.32 Å². The van der Waals surface area contributed by atoms with Crippen LogP contribution in [-0.2, 0) is 16.0 Å². The van der Waals surface area contributed by atoms with Crippen molar-refractivity contribution in [1.82, 2.24) is 4.90 Å². The van der Waals surface area contributed by atoms with Gasteiger partial charge in [0, 0.05) is 36.8 Å². The summed E-state index contributed by atoms with van der Waals surface area (Å²) in [5.74, 6) is 0.236. The number of phenols is 1. The Kier molecular flexibility index (Phi) is 5.79. The summed E-state index contributed by atoms with van der Waals surface area (Å²) in [4.78, 5) is 14.8. The van der Waals surface area contributed by atoms with Gasteiger partial charge in [0.25, 0.3) is 0 Å². The molecule has 164 valence electrons. The molecular formula is C26H26N2O4. The van der Waals surface area contributed by atoms with Crippen LogP contribution in [0.2, 0.25) is 0 Å². The van der Waals surface area contributed by atoms with Crippen molar-refractivity contribution in [3.63, 3.8) is 0 Å². The van der Waals surface area contributed by atoms with E-state index in [-0.39, 0.29) is 18.3 Å². The lowest BCUT2D eigenvalue weighted by molar-refractivity contribution is 0.0339. The van der Waals surface area contributed by atoms with Crippen LogP contribution in [0.3, 0.4) is 0 Å². The Labute approximate surface area is 187 Å². The number of aromatic hydroxyl groups is 1. The average Bonchev–Trinajstić information content (AvgIpc) is 3.14. The molecule has 0 aromatic heterocycles. The minimum absolute atomic E-state index is 0.0184. The molecule has 3 aromatic rings. The quantitative estimate of drug-likeness (QED) is 0.580. The third-order valence-corrected chi connectivity index (χ3v) is 6.17. The van der Waals surface area contributed by atoms with E-state index in [0.29, 0.717) is 25.4 Å². The fourth-order valence-corrected chi connectivity index (χ4v) is 4.54. The molecule has 32 heavy (non-hydrogen) atoms. The van der Waals surface area contributed by atoms with Gasteiger partial charge in [-0.25, -0.2) is 4.79 Å². The summed E-state index contributed by atoms with van der Waals surface area (Å²) in [6.07, 6.45) is -0.505. The van der Waals surface area contributed by atoms with Crippen LogP contribution in [0.15, 0.2) is 66.7 Å². The Balaban J connectivity index is 1.24. The first-order valence-electron chi connectivity index (χ1n) is 10.9. The highest BCUT2D eigenvalue weighted by atomic mass is 16.5. The van der Waals surface area contributed by atoms with Crippen LogP contribution in [0.4, 0.5) is 10.5 Å². The molecule has 1 heterocycles. The predicted molar refractivity (Wildman–Crippen MR) is 123 cm³/mol. The van der Waals surface area contributed by atoms with Gasteiger partial charge in [0.1, 0.15) is 12.4 Å². The number of rotatable bonds is 5. The highest BCUT2D eigenvalue weighted by Crippen LogP contribution is 2.44. The molecule has 0 unspecified atom stereocenters. The summed E-state index contributed by atoms with van der Waals surface area (Å²) in [6.45, 7) is 3.90. The fraction of sp³-hybridized carbons (Fsp3) is 0.269. The molecule has 1 aliphatic heterocycles. The van der Waals surface area contributed by atoms with E-state index in [1.54, 1.807) is 18.2 Å². The molecule has 0 spiro atoms. The lowest BCUT2D eigenvalue weighted by Gasteiger charge is -2.27. The highest BCUT2D eigenvalue weighted by Gasteiger charge is 2.29. The molecular weight excluding hydrogens is 404 g/mol. The number of hydrogen-bond donors (Lipinski definition) is 2. The van der Waals surface area contributed by atoms with Gasteiger partial charge in [0.2, 0.25) is 0 Å². The van der Waals surface area contributed by atoms with Crippen molar-refractivity contribution in [2.45, 2.75) is 12.5 Å². The number of fused-ring (bicyclic) bond motifs is 3. The molecule has 2 aliphatic rings. The molecule has 0 radical (unpaired) electrons. The number of phenolic OH excluding ortho intramolecular Hbond substituents is 1. The summed E-state index contributed by atoms with van der Waals surface area (Å²) < 4.78 is 11.0. The van der Waals surface area contributed by atoms with Gasteiger partial charge < -0.3 is 14.6 Å². The summed E-state index contributed by atoms with van der Waals surface area (Å²) in [6, 6.07) is 21.6.